The van der Waals surface area contributed by atoms with Gasteiger partial charge in [0.1, 0.15) is 0 Å². The van der Waals surface area contributed by atoms with E-state index in [0.29, 0.717) is 5.57 Å². The molecule has 3 aromatic rings. The molecule has 0 saturated carbocycles. The highest BCUT2D eigenvalue weighted by Crippen LogP contribution is 2.49. The number of methoxy groups -OCH3 is 2. The van der Waals surface area contributed by atoms with Crippen LogP contribution in [0.25, 0.3) is 0 Å². The molecule has 0 N–H and O–H groups in total. The van der Waals surface area contributed by atoms with Crippen LogP contribution in [0.2, 0.25) is 0 Å². The second-order valence-corrected chi connectivity index (χ2v) is 10.9. The van der Waals surface area contributed by atoms with E-state index in [0.717, 1.165) is 21.2 Å². The fraction of sp³-hybridized carbons (Fsp3) is 0.0690. The zero-order valence-electron chi connectivity index (χ0n) is 19.0. The molecule has 0 unspecified atom stereocenters. The quantitative estimate of drug-likeness (QED) is 0.313. The lowest BCUT2D eigenvalue weighted by atomic mass is 10.1. The summed E-state index contributed by atoms with van der Waals surface area (Å²) in [4.78, 5) is 25.1. The molecule has 4 rings (SSSR count). The first-order valence-electron chi connectivity index (χ1n) is 10.8. The largest absolute Gasteiger partial charge is 0.466 e. The lowest BCUT2D eigenvalue weighted by Gasteiger charge is -2.32. The van der Waals surface area contributed by atoms with E-state index in [1.54, 1.807) is 0 Å². The van der Waals surface area contributed by atoms with Crippen molar-refractivity contribution in [3.05, 3.63) is 126 Å². The van der Waals surface area contributed by atoms with Crippen molar-refractivity contribution in [3.63, 3.8) is 0 Å². The number of ether oxygens (including phenoxy) is 2. The first-order valence-corrected chi connectivity index (χ1v) is 12.6. The van der Waals surface area contributed by atoms with Crippen LogP contribution in [0.3, 0.4) is 0 Å². The van der Waals surface area contributed by atoms with Gasteiger partial charge >= 0.3 is 11.9 Å². The summed E-state index contributed by atoms with van der Waals surface area (Å²) in [6.45, 7) is -2.45. The number of hydrogen-bond acceptors (Lipinski definition) is 4. The van der Waals surface area contributed by atoms with E-state index in [9.17, 15) is 9.59 Å². The Hall–Kier alpha value is -3.88. The highest BCUT2D eigenvalue weighted by molar-refractivity contribution is 7.96. The van der Waals surface area contributed by atoms with E-state index in [-0.39, 0.29) is 5.57 Å². The minimum absolute atomic E-state index is 0.168. The highest BCUT2D eigenvalue weighted by Gasteiger charge is 2.33. The van der Waals surface area contributed by atoms with Crippen LogP contribution in [0.4, 0.5) is 0 Å². The third-order valence-corrected chi connectivity index (χ3v) is 10.1. The molecule has 0 heterocycles. The monoisotopic (exact) mass is 468 g/mol. The summed E-state index contributed by atoms with van der Waals surface area (Å²) in [5.74, 6) is -1.21. The summed E-state index contributed by atoms with van der Waals surface area (Å²) in [6, 6.07) is 31.0. The van der Waals surface area contributed by atoms with Crippen molar-refractivity contribution in [2.24, 2.45) is 0 Å². The normalized spacial score (nSPS) is 13.4. The van der Waals surface area contributed by atoms with Crippen molar-refractivity contribution in [1.29, 1.82) is 0 Å². The zero-order chi connectivity index (χ0) is 24.0. The van der Waals surface area contributed by atoms with Gasteiger partial charge in [0.15, 0.2) is 0 Å². The predicted octanol–water partition coefficient (Wildman–Crippen LogP) is 3.92. The Morgan fingerprint density at radius 2 is 1.18 bits per heavy atom. The number of benzene rings is 3. The molecule has 170 valence electrons. The first kappa shape index (κ1) is 23.3. The molecule has 34 heavy (non-hydrogen) atoms. The van der Waals surface area contributed by atoms with Gasteiger partial charge < -0.3 is 9.47 Å². The summed E-state index contributed by atoms with van der Waals surface area (Å²) in [5.41, 5.74) is 0.823. The van der Waals surface area contributed by atoms with Gasteiger partial charge in [-0.3, -0.25) is 0 Å². The van der Waals surface area contributed by atoms with Crippen LogP contribution in [0.5, 0.6) is 0 Å². The zero-order valence-corrected chi connectivity index (χ0v) is 19.9. The molecule has 3 aromatic carbocycles. The standard InChI is InChI=1S/C29H25O4P/c1-32-28(30)21-26(29(31)33-2)25-19-12-20-27(25)34(22-13-6-3-7-14-22,23-15-8-4-9-16-23)24-17-10-5-11-18-24/h3-21H,1-2H3/b26-21+. The van der Waals surface area contributed by atoms with Crippen molar-refractivity contribution in [3.8, 4) is 0 Å². The van der Waals surface area contributed by atoms with Gasteiger partial charge in [0.2, 0.25) is 0 Å². The maximum Gasteiger partial charge on any atom is 0.338 e. The van der Waals surface area contributed by atoms with Crippen LogP contribution in [0.1, 0.15) is 0 Å². The third kappa shape index (κ3) is 4.21. The van der Waals surface area contributed by atoms with Gasteiger partial charge in [-0.15, -0.1) is 0 Å². The molecule has 0 aliphatic heterocycles. The minimum atomic E-state index is -2.45. The number of rotatable bonds is 6. The third-order valence-electron chi connectivity index (χ3n) is 5.74. The van der Waals surface area contributed by atoms with Gasteiger partial charge in [-0.25, -0.2) is 9.59 Å². The second kappa shape index (κ2) is 10.4. The number of allylic oxidation sites excluding steroid dienone is 3. The van der Waals surface area contributed by atoms with E-state index in [4.69, 9.17) is 9.47 Å². The van der Waals surface area contributed by atoms with Crippen LogP contribution < -0.4 is 15.9 Å². The summed E-state index contributed by atoms with van der Waals surface area (Å²) in [7, 11) is 2.60. The van der Waals surface area contributed by atoms with E-state index >= 15 is 0 Å². The summed E-state index contributed by atoms with van der Waals surface area (Å²) >= 11 is 0. The van der Waals surface area contributed by atoms with E-state index in [2.05, 4.69) is 36.4 Å². The van der Waals surface area contributed by atoms with Gasteiger partial charge in [-0.05, 0) is 33.7 Å². The SMILES string of the molecule is COC(=O)/C=C(/C(=O)OC)C1=CC=CC1=P(c1ccccc1)(c1ccccc1)c1ccccc1. The first-order chi connectivity index (χ1) is 16.6. The average molecular weight is 468 g/mol. The topological polar surface area (TPSA) is 52.6 Å². The Morgan fingerprint density at radius 1 is 0.706 bits per heavy atom. The van der Waals surface area contributed by atoms with E-state index < -0.39 is 18.8 Å². The van der Waals surface area contributed by atoms with Crippen molar-refractivity contribution in [2.75, 3.05) is 14.2 Å². The van der Waals surface area contributed by atoms with Gasteiger partial charge in [-0.2, -0.15) is 0 Å². The predicted molar refractivity (Wildman–Crippen MR) is 139 cm³/mol. The van der Waals surface area contributed by atoms with Crippen LogP contribution >= 0.6 is 6.89 Å². The molecule has 0 amide bonds. The summed E-state index contributed by atoms with van der Waals surface area (Å²) < 4.78 is 9.90. The molecular formula is C29H25O4P. The maximum absolute atomic E-state index is 12.9. The Bertz CT molecular complexity index is 1230. The molecule has 0 radical (unpaired) electrons. The molecule has 0 saturated heterocycles. The van der Waals surface area contributed by atoms with Crippen molar-refractivity contribution in [1.82, 2.24) is 0 Å². The Morgan fingerprint density at radius 3 is 1.59 bits per heavy atom. The molecule has 0 fully saturated rings. The van der Waals surface area contributed by atoms with E-state index in [1.807, 2.05) is 72.8 Å². The highest BCUT2D eigenvalue weighted by atomic mass is 31.2. The molecule has 4 nitrogen and oxygen atoms in total. The fourth-order valence-corrected chi connectivity index (χ4v) is 8.74. The Balaban J connectivity index is 2.18. The van der Waals surface area contributed by atoms with Gasteiger partial charge in [0.05, 0.1) is 19.8 Å². The van der Waals surface area contributed by atoms with Gasteiger partial charge in [-0.1, -0.05) is 109 Å². The number of hydrogen-bond donors (Lipinski definition) is 0. The average Bonchev–Trinajstić information content (AvgIpc) is 3.39. The molecule has 0 bridgehead atoms. The van der Waals surface area contributed by atoms with Crippen LogP contribution in [-0.2, 0) is 19.1 Å². The minimum Gasteiger partial charge on any atom is -0.466 e. The van der Waals surface area contributed by atoms with E-state index in [1.165, 1.54) is 20.3 Å². The molecule has 1 aliphatic carbocycles. The maximum atomic E-state index is 12.9. The smallest absolute Gasteiger partial charge is 0.338 e. The Labute approximate surface area is 199 Å². The van der Waals surface area contributed by atoms with Crippen LogP contribution in [-0.4, -0.2) is 31.5 Å². The molecular weight excluding hydrogens is 443 g/mol. The summed E-state index contributed by atoms with van der Waals surface area (Å²) in [6.07, 6.45) is 7.04. The van der Waals surface area contributed by atoms with Gasteiger partial charge in [0, 0.05) is 6.08 Å². The van der Waals surface area contributed by atoms with Crippen molar-refractivity contribution >= 4 is 40.0 Å². The van der Waals surface area contributed by atoms with Gasteiger partial charge in [0.25, 0.3) is 0 Å². The lowest BCUT2D eigenvalue weighted by Crippen LogP contribution is -2.31. The molecule has 0 spiro atoms. The molecule has 5 heteroatoms. The Kier molecular flexibility index (Phi) is 7.10. The second-order valence-electron chi connectivity index (χ2n) is 7.57. The lowest BCUT2D eigenvalue weighted by molar-refractivity contribution is -0.138. The molecule has 0 aromatic heterocycles. The summed E-state index contributed by atoms with van der Waals surface area (Å²) in [5, 5.41) is 4.39. The van der Waals surface area contributed by atoms with Crippen molar-refractivity contribution in [2.45, 2.75) is 0 Å². The van der Waals surface area contributed by atoms with Crippen LogP contribution in [0, 0.1) is 0 Å². The fourth-order valence-electron chi connectivity index (χ4n) is 4.28. The number of carbonyl (C=O) groups is 2. The van der Waals surface area contributed by atoms with Crippen LogP contribution in [0.15, 0.2) is 126 Å². The van der Waals surface area contributed by atoms with Crippen molar-refractivity contribution < 1.29 is 19.1 Å². The molecule has 1 aliphatic rings. The molecule has 0 atom stereocenters. The number of esters is 2. The number of carbonyl (C=O) groups excluding carboxylic acids is 2.